The molecular weight excluding hydrogens is 307 g/mol. The third-order valence-electron chi connectivity index (χ3n) is 5.87. The molecule has 0 saturated carbocycles. The Morgan fingerprint density at radius 2 is 1.79 bits per heavy atom. The van der Waals surface area contributed by atoms with Crippen LogP contribution >= 0.6 is 0 Å². The Bertz CT molecular complexity index is 596. The summed E-state index contributed by atoms with van der Waals surface area (Å²) >= 11 is 0. The van der Waals surface area contributed by atoms with E-state index >= 15 is 0 Å². The molecule has 3 N–H and O–H groups in total. The maximum atomic E-state index is 14.1. The zero-order valence-electron chi connectivity index (χ0n) is 13.8. The fraction of sp³-hybridized carbons (Fsp3) is 0.611. The first-order valence-electron chi connectivity index (χ1n) is 8.96. The number of nitrogens with one attached hydrogen (secondary N) is 3. The molecular formula is C18H25FN4O. The van der Waals surface area contributed by atoms with Gasteiger partial charge in [-0.3, -0.25) is 10.2 Å². The quantitative estimate of drug-likeness (QED) is 0.758. The molecule has 4 atom stereocenters. The summed E-state index contributed by atoms with van der Waals surface area (Å²) in [6, 6.07) is 6.42. The number of nitrogens with zero attached hydrogens (tertiary/aromatic N) is 1. The normalized spacial score (nSPS) is 33.3. The molecule has 1 aromatic rings. The molecule has 1 amide bonds. The van der Waals surface area contributed by atoms with Crippen molar-refractivity contribution >= 4 is 5.91 Å². The van der Waals surface area contributed by atoms with Gasteiger partial charge in [-0.25, -0.2) is 9.82 Å². The van der Waals surface area contributed by atoms with E-state index in [1.807, 2.05) is 11.0 Å². The lowest BCUT2D eigenvalue weighted by atomic mass is 9.92. The van der Waals surface area contributed by atoms with Crippen LogP contribution in [0.1, 0.15) is 24.4 Å². The van der Waals surface area contributed by atoms with E-state index in [2.05, 4.69) is 16.2 Å². The predicted molar refractivity (Wildman–Crippen MR) is 89.4 cm³/mol. The molecule has 24 heavy (non-hydrogen) atoms. The zero-order valence-corrected chi connectivity index (χ0v) is 13.8. The van der Waals surface area contributed by atoms with Gasteiger partial charge in [-0.2, -0.15) is 0 Å². The Balaban J connectivity index is 1.48. The van der Waals surface area contributed by atoms with Gasteiger partial charge in [0.25, 0.3) is 0 Å². The Morgan fingerprint density at radius 3 is 2.50 bits per heavy atom. The van der Waals surface area contributed by atoms with Crippen LogP contribution in [0.2, 0.25) is 0 Å². The van der Waals surface area contributed by atoms with E-state index in [0.29, 0.717) is 23.9 Å². The van der Waals surface area contributed by atoms with Crippen LogP contribution in [0.15, 0.2) is 24.3 Å². The number of halogens is 1. The van der Waals surface area contributed by atoms with Crippen LogP contribution in [0.5, 0.6) is 0 Å². The SMILES string of the molecule is O=C(C1CNNC1c1ccccc1F)N1CC[C@@H]2CNC[C@@H]2CC1. The summed E-state index contributed by atoms with van der Waals surface area (Å²) in [5.41, 5.74) is 6.71. The number of rotatable bonds is 2. The number of fused-ring (bicyclic) bond motifs is 1. The Morgan fingerprint density at radius 1 is 1.08 bits per heavy atom. The van der Waals surface area contributed by atoms with Crippen LogP contribution in [0.25, 0.3) is 0 Å². The molecule has 0 aliphatic carbocycles. The second-order valence-corrected chi connectivity index (χ2v) is 7.21. The molecule has 6 heteroatoms. The first kappa shape index (κ1) is 16.0. The number of benzene rings is 1. The highest BCUT2D eigenvalue weighted by atomic mass is 19.1. The summed E-state index contributed by atoms with van der Waals surface area (Å²) in [6.07, 6.45) is 2.14. The van der Waals surface area contributed by atoms with Crippen LogP contribution < -0.4 is 16.2 Å². The van der Waals surface area contributed by atoms with Crippen LogP contribution in [0, 0.1) is 23.6 Å². The Kier molecular flexibility index (Phi) is 4.52. The first-order chi connectivity index (χ1) is 11.7. The third kappa shape index (κ3) is 2.94. The van der Waals surface area contributed by atoms with Crippen molar-refractivity contribution in [1.29, 1.82) is 0 Å². The van der Waals surface area contributed by atoms with E-state index in [-0.39, 0.29) is 23.7 Å². The smallest absolute Gasteiger partial charge is 0.229 e. The molecule has 4 rings (SSSR count). The van der Waals surface area contributed by atoms with Gasteiger partial charge >= 0.3 is 0 Å². The van der Waals surface area contributed by atoms with Crippen molar-refractivity contribution in [2.45, 2.75) is 18.9 Å². The van der Waals surface area contributed by atoms with Gasteiger partial charge in [0.15, 0.2) is 0 Å². The van der Waals surface area contributed by atoms with Crippen molar-refractivity contribution in [3.63, 3.8) is 0 Å². The molecule has 0 radical (unpaired) electrons. The van der Waals surface area contributed by atoms with Crippen molar-refractivity contribution in [2.75, 3.05) is 32.7 Å². The Labute approximate surface area is 141 Å². The molecule has 0 aromatic heterocycles. The summed E-state index contributed by atoms with van der Waals surface area (Å²) in [5, 5.41) is 3.46. The maximum Gasteiger partial charge on any atom is 0.229 e. The van der Waals surface area contributed by atoms with Gasteiger partial charge in [-0.1, -0.05) is 18.2 Å². The van der Waals surface area contributed by atoms with Gasteiger partial charge in [0.2, 0.25) is 5.91 Å². The summed E-state index contributed by atoms with van der Waals surface area (Å²) in [5.74, 6) is 1.04. The maximum absolute atomic E-state index is 14.1. The van der Waals surface area contributed by atoms with Crippen LogP contribution in [0.3, 0.4) is 0 Å². The first-order valence-corrected chi connectivity index (χ1v) is 8.96. The average molecular weight is 332 g/mol. The van der Waals surface area contributed by atoms with Crippen LogP contribution in [-0.4, -0.2) is 43.5 Å². The number of hydrazine groups is 1. The molecule has 5 nitrogen and oxygen atoms in total. The van der Waals surface area contributed by atoms with Crippen LogP contribution in [-0.2, 0) is 4.79 Å². The van der Waals surface area contributed by atoms with Gasteiger partial charge in [0.1, 0.15) is 5.82 Å². The number of carbonyl (C=O) groups is 1. The predicted octanol–water partition coefficient (Wildman–Crippen LogP) is 1.05. The highest BCUT2D eigenvalue weighted by Gasteiger charge is 2.39. The molecule has 3 heterocycles. The van der Waals surface area contributed by atoms with Gasteiger partial charge in [-0.05, 0) is 43.8 Å². The fourth-order valence-electron chi connectivity index (χ4n) is 4.42. The fourth-order valence-corrected chi connectivity index (χ4v) is 4.42. The highest BCUT2D eigenvalue weighted by Crippen LogP contribution is 2.31. The molecule has 3 saturated heterocycles. The lowest BCUT2D eigenvalue weighted by Crippen LogP contribution is -2.40. The highest BCUT2D eigenvalue weighted by molar-refractivity contribution is 5.80. The van der Waals surface area contributed by atoms with E-state index in [0.717, 1.165) is 39.0 Å². The third-order valence-corrected chi connectivity index (χ3v) is 5.87. The topological polar surface area (TPSA) is 56.4 Å². The summed E-state index contributed by atoms with van der Waals surface area (Å²) in [6.45, 7) is 4.35. The molecule has 1 aromatic carbocycles. The van der Waals surface area contributed by atoms with E-state index in [9.17, 15) is 9.18 Å². The standard InChI is InChI=1S/C18H25FN4O/c19-16-4-2-1-3-14(16)17-15(11-21-22-17)18(24)23-7-5-12-9-20-10-13(12)6-8-23/h1-4,12-13,15,17,20-22H,5-11H2/t12-,13+,15?,17?. The summed E-state index contributed by atoms with van der Waals surface area (Å²) in [4.78, 5) is 15.1. The minimum atomic E-state index is -0.303. The zero-order chi connectivity index (χ0) is 16.5. The molecule has 3 fully saturated rings. The Hall–Kier alpha value is -1.50. The van der Waals surface area contributed by atoms with Crippen molar-refractivity contribution in [1.82, 2.24) is 21.1 Å². The number of carbonyl (C=O) groups excluding carboxylic acids is 1. The van der Waals surface area contributed by atoms with Crippen molar-refractivity contribution in [2.24, 2.45) is 17.8 Å². The lowest BCUT2D eigenvalue weighted by molar-refractivity contribution is -0.135. The minimum Gasteiger partial charge on any atom is -0.342 e. The van der Waals surface area contributed by atoms with E-state index < -0.39 is 0 Å². The minimum absolute atomic E-state index is 0.147. The number of hydrogen-bond acceptors (Lipinski definition) is 4. The van der Waals surface area contributed by atoms with E-state index in [1.165, 1.54) is 6.07 Å². The molecule has 2 unspecified atom stereocenters. The van der Waals surface area contributed by atoms with Gasteiger partial charge < -0.3 is 10.2 Å². The van der Waals surface area contributed by atoms with E-state index in [1.54, 1.807) is 12.1 Å². The number of amides is 1. The van der Waals surface area contributed by atoms with Crippen LogP contribution in [0.4, 0.5) is 4.39 Å². The second kappa shape index (κ2) is 6.78. The summed E-state index contributed by atoms with van der Waals surface area (Å²) in [7, 11) is 0. The monoisotopic (exact) mass is 332 g/mol. The molecule has 130 valence electrons. The lowest BCUT2D eigenvalue weighted by Gasteiger charge is -2.27. The van der Waals surface area contributed by atoms with Gasteiger partial charge in [-0.15, -0.1) is 0 Å². The second-order valence-electron chi connectivity index (χ2n) is 7.21. The molecule has 0 spiro atoms. The van der Waals surface area contributed by atoms with E-state index in [4.69, 9.17) is 0 Å². The average Bonchev–Trinajstić information content (AvgIpc) is 3.20. The van der Waals surface area contributed by atoms with Gasteiger partial charge in [0.05, 0.1) is 12.0 Å². The molecule has 3 aliphatic heterocycles. The van der Waals surface area contributed by atoms with Crippen molar-refractivity contribution in [3.8, 4) is 0 Å². The van der Waals surface area contributed by atoms with Gasteiger partial charge in [0, 0.05) is 25.2 Å². The summed E-state index contributed by atoms with van der Waals surface area (Å²) < 4.78 is 14.1. The number of hydrogen-bond donors (Lipinski definition) is 3. The molecule has 3 aliphatic rings. The van der Waals surface area contributed by atoms with Crippen molar-refractivity contribution < 1.29 is 9.18 Å². The largest absolute Gasteiger partial charge is 0.342 e. The number of likely N-dealkylation sites (tertiary alicyclic amines) is 1. The van der Waals surface area contributed by atoms with Crippen molar-refractivity contribution in [3.05, 3.63) is 35.6 Å². The molecule has 0 bridgehead atoms.